The van der Waals surface area contributed by atoms with Crippen molar-refractivity contribution in [3.05, 3.63) is 118 Å². The second kappa shape index (κ2) is 13.9. The number of halogens is 2. The van der Waals surface area contributed by atoms with Crippen molar-refractivity contribution in [2.75, 3.05) is 18.4 Å². The zero-order chi connectivity index (χ0) is 29.4. The zero-order valence-corrected chi connectivity index (χ0v) is 25.3. The Morgan fingerprint density at radius 3 is 1.83 bits per heavy atom. The highest BCUT2D eigenvalue weighted by atomic mass is 35.5. The fourth-order valence-electron chi connectivity index (χ4n) is 4.23. The minimum Gasteiger partial charge on any atom is -0.480 e. The highest BCUT2D eigenvalue weighted by Crippen LogP contribution is 2.32. The molecule has 0 saturated heterocycles. The number of amides is 2. The molecule has 2 N–H and O–H groups in total. The third-order valence-electron chi connectivity index (χ3n) is 6.61. The molecule has 0 fully saturated rings. The molecular formula is C33H32Cl2N2O3S. The summed E-state index contributed by atoms with van der Waals surface area (Å²) in [6.45, 7) is 4.39. The summed E-state index contributed by atoms with van der Waals surface area (Å²) in [5, 5.41) is 13.2. The molecule has 0 radical (unpaired) electrons. The highest BCUT2D eigenvalue weighted by Gasteiger charge is 2.28. The van der Waals surface area contributed by atoms with Crippen molar-refractivity contribution in [2.45, 2.75) is 36.3 Å². The van der Waals surface area contributed by atoms with Crippen LogP contribution in [0.3, 0.4) is 0 Å². The Balaban J connectivity index is 1.44. The predicted octanol–water partition coefficient (Wildman–Crippen LogP) is 8.94. The Bertz CT molecular complexity index is 1460. The lowest BCUT2D eigenvalue weighted by atomic mass is 10.0. The molecule has 0 aromatic heterocycles. The van der Waals surface area contributed by atoms with Crippen molar-refractivity contribution < 1.29 is 14.7 Å². The number of nitrogens with zero attached hydrogens (tertiary/aromatic N) is 1. The van der Waals surface area contributed by atoms with E-state index in [-0.39, 0.29) is 6.03 Å². The Morgan fingerprint density at radius 2 is 1.29 bits per heavy atom. The number of nitrogens with one attached hydrogen (secondary N) is 1. The molecular weight excluding hydrogens is 575 g/mol. The van der Waals surface area contributed by atoms with Gasteiger partial charge in [-0.1, -0.05) is 89.9 Å². The van der Waals surface area contributed by atoms with Gasteiger partial charge in [0.15, 0.2) is 0 Å². The third-order valence-corrected chi connectivity index (χ3v) is 8.24. The van der Waals surface area contributed by atoms with E-state index >= 15 is 0 Å². The van der Waals surface area contributed by atoms with E-state index < -0.39 is 10.7 Å². The van der Waals surface area contributed by atoms with Gasteiger partial charge in [-0.3, -0.25) is 4.79 Å². The van der Waals surface area contributed by atoms with Crippen molar-refractivity contribution in [1.29, 1.82) is 0 Å². The standard InChI is InChI=1S/C33H32Cl2N2O3S/c1-33(2,31(38)39)41-30-14-10-24(11-15-30)17-19-37(32(40)36-29-21-27(34)20-28(35)22-29)18-16-23-8-12-26(13-9-23)25-6-4-3-5-7-25/h3-15,20-22H,16-19H2,1-2H3,(H,36,40)(H,38,39). The summed E-state index contributed by atoms with van der Waals surface area (Å²) in [5.41, 5.74) is 5.03. The average molecular weight is 608 g/mol. The molecule has 0 atom stereocenters. The zero-order valence-electron chi connectivity index (χ0n) is 22.9. The van der Waals surface area contributed by atoms with Crippen molar-refractivity contribution in [2.24, 2.45) is 0 Å². The first-order valence-electron chi connectivity index (χ1n) is 13.3. The van der Waals surface area contributed by atoms with Gasteiger partial charge in [-0.25, -0.2) is 4.79 Å². The van der Waals surface area contributed by atoms with Gasteiger partial charge in [-0.15, -0.1) is 11.8 Å². The largest absolute Gasteiger partial charge is 0.480 e. The minimum absolute atomic E-state index is 0.236. The Labute approximate surface area is 255 Å². The molecule has 0 spiro atoms. The van der Waals surface area contributed by atoms with E-state index in [0.29, 0.717) is 41.7 Å². The van der Waals surface area contributed by atoms with E-state index in [4.69, 9.17) is 23.2 Å². The predicted molar refractivity (Wildman–Crippen MR) is 170 cm³/mol. The molecule has 4 rings (SSSR count). The number of carboxylic acid groups (broad SMARTS) is 1. The van der Waals surface area contributed by atoms with Crippen LogP contribution in [0.15, 0.2) is 102 Å². The summed E-state index contributed by atoms with van der Waals surface area (Å²) >= 11 is 13.6. The molecule has 0 heterocycles. The van der Waals surface area contributed by atoms with E-state index in [2.05, 4.69) is 41.7 Å². The van der Waals surface area contributed by atoms with Crippen LogP contribution in [0.2, 0.25) is 10.0 Å². The molecule has 0 saturated carbocycles. The second-order valence-corrected chi connectivity index (χ2v) is 12.8. The third kappa shape index (κ3) is 9.02. The number of benzene rings is 4. The molecule has 0 aliphatic rings. The van der Waals surface area contributed by atoms with Crippen LogP contribution in [0.1, 0.15) is 25.0 Å². The topological polar surface area (TPSA) is 69.6 Å². The number of rotatable bonds is 11. The summed E-state index contributed by atoms with van der Waals surface area (Å²) in [6, 6.07) is 31.2. The van der Waals surface area contributed by atoms with Crippen LogP contribution in [0.5, 0.6) is 0 Å². The van der Waals surface area contributed by atoms with Gasteiger partial charge >= 0.3 is 12.0 Å². The summed E-state index contributed by atoms with van der Waals surface area (Å²) in [5.74, 6) is -0.857. The lowest BCUT2D eigenvalue weighted by Gasteiger charge is -2.24. The Morgan fingerprint density at radius 1 is 0.780 bits per heavy atom. The Kier molecular flexibility index (Phi) is 10.4. The summed E-state index contributed by atoms with van der Waals surface area (Å²) < 4.78 is -0.918. The molecule has 212 valence electrons. The van der Waals surface area contributed by atoms with Gasteiger partial charge in [0.25, 0.3) is 0 Å². The lowest BCUT2D eigenvalue weighted by Crippen LogP contribution is -2.38. The SMILES string of the molecule is CC(C)(Sc1ccc(CCN(CCc2ccc(-c3ccccc3)cc2)C(=O)Nc2cc(Cl)cc(Cl)c2)cc1)C(=O)O. The fourth-order valence-corrected chi connectivity index (χ4v) is 5.70. The molecule has 0 aliphatic heterocycles. The number of hydrogen-bond donors (Lipinski definition) is 2. The maximum Gasteiger partial charge on any atom is 0.321 e. The molecule has 2 amide bonds. The van der Waals surface area contributed by atoms with Crippen LogP contribution in [0.4, 0.5) is 10.5 Å². The van der Waals surface area contributed by atoms with Crippen molar-refractivity contribution in [3.63, 3.8) is 0 Å². The molecule has 4 aromatic rings. The van der Waals surface area contributed by atoms with E-state index in [1.165, 1.54) is 11.8 Å². The lowest BCUT2D eigenvalue weighted by molar-refractivity contribution is -0.138. The number of anilines is 1. The minimum atomic E-state index is -0.918. The first-order valence-corrected chi connectivity index (χ1v) is 14.8. The number of hydrogen-bond acceptors (Lipinski definition) is 3. The van der Waals surface area contributed by atoms with Crippen molar-refractivity contribution in [1.82, 2.24) is 4.90 Å². The maximum atomic E-state index is 13.4. The maximum absolute atomic E-state index is 13.4. The van der Waals surface area contributed by atoms with Crippen LogP contribution >= 0.6 is 35.0 Å². The number of carbonyl (C=O) groups is 2. The van der Waals surface area contributed by atoms with Gasteiger partial charge in [0.05, 0.1) is 0 Å². The van der Waals surface area contributed by atoms with Gasteiger partial charge in [-0.2, -0.15) is 0 Å². The number of carbonyl (C=O) groups excluding carboxylic acids is 1. The van der Waals surface area contributed by atoms with Gasteiger partial charge < -0.3 is 15.3 Å². The molecule has 0 unspecified atom stereocenters. The first-order chi connectivity index (χ1) is 19.6. The van der Waals surface area contributed by atoms with Crippen LogP contribution in [0, 0.1) is 0 Å². The highest BCUT2D eigenvalue weighted by molar-refractivity contribution is 8.01. The normalized spacial score (nSPS) is 11.2. The monoisotopic (exact) mass is 606 g/mol. The van der Waals surface area contributed by atoms with Crippen LogP contribution in [-0.4, -0.2) is 39.8 Å². The second-order valence-electron chi connectivity index (χ2n) is 10.2. The van der Waals surface area contributed by atoms with E-state index in [9.17, 15) is 14.7 Å². The molecule has 41 heavy (non-hydrogen) atoms. The number of urea groups is 1. The molecule has 0 aliphatic carbocycles. The number of thioether (sulfide) groups is 1. The van der Waals surface area contributed by atoms with Gasteiger partial charge in [0.1, 0.15) is 4.75 Å². The van der Waals surface area contributed by atoms with E-state index in [1.54, 1.807) is 36.9 Å². The van der Waals surface area contributed by atoms with Gasteiger partial charge in [0.2, 0.25) is 0 Å². The van der Waals surface area contributed by atoms with Crippen LogP contribution in [-0.2, 0) is 17.6 Å². The molecule has 0 bridgehead atoms. The van der Waals surface area contributed by atoms with E-state index in [1.807, 2.05) is 42.5 Å². The fraction of sp³-hybridized carbons (Fsp3) is 0.212. The first kappa shape index (κ1) is 30.5. The number of aliphatic carboxylic acids is 1. The Hall–Kier alpha value is -3.45. The van der Waals surface area contributed by atoms with Gasteiger partial charge in [0, 0.05) is 33.7 Å². The van der Waals surface area contributed by atoms with Crippen molar-refractivity contribution in [3.8, 4) is 11.1 Å². The molecule has 4 aromatic carbocycles. The van der Waals surface area contributed by atoms with Crippen molar-refractivity contribution >= 4 is 52.7 Å². The number of carboxylic acids is 1. The van der Waals surface area contributed by atoms with E-state index in [0.717, 1.165) is 27.1 Å². The summed E-state index contributed by atoms with van der Waals surface area (Å²) in [4.78, 5) is 27.5. The summed E-state index contributed by atoms with van der Waals surface area (Å²) in [7, 11) is 0. The van der Waals surface area contributed by atoms with Crippen LogP contribution < -0.4 is 5.32 Å². The van der Waals surface area contributed by atoms with Gasteiger partial charge in [-0.05, 0) is 79.3 Å². The smallest absolute Gasteiger partial charge is 0.321 e. The quantitative estimate of drug-likeness (QED) is 0.167. The van der Waals surface area contributed by atoms with Crippen LogP contribution in [0.25, 0.3) is 11.1 Å². The average Bonchev–Trinajstić information content (AvgIpc) is 2.94. The molecule has 5 nitrogen and oxygen atoms in total. The summed E-state index contributed by atoms with van der Waals surface area (Å²) in [6.07, 6.45) is 1.34. The molecule has 8 heteroatoms.